The van der Waals surface area contributed by atoms with Crippen LogP contribution in [0.5, 0.6) is 0 Å². The summed E-state index contributed by atoms with van der Waals surface area (Å²) in [6, 6.07) is 3.74. The molecular formula is C31H47BrCl2N4O2. The fourth-order valence-corrected chi connectivity index (χ4v) is 6.79. The van der Waals surface area contributed by atoms with E-state index in [-0.39, 0.29) is 17.3 Å². The normalized spacial score (nSPS) is 18.6. The lowest BCUT2D eigenvalue weighted by Crippen LogP contribution is -2.44. The number of piperidine rings is 2. The van der Waals surface area contributed by atoms with Crippen molar-refractivity contribution in [2.75, 3.05) is 32.7 Å². The number of amides is 3. The van der Waals surface area contributed by atoms with Crippen molar-refractivity contribution in [2.24, 2.45) is 22.6 Å². The third-order valence-electron chi connectivity index (χ3n) is 7.76. The Balaban J connectivity index is 0.000000708. The minimum atomic E-state index is -0.355. The molecule has 2 fully saturated rings. The van der Waals surface area contributed by atoms with E-state index in [0.717, 1.165) is 67.7 Å². The van der Waals surface area contributed by atoms with Crippen LogP contribution < -0.4 is 5.73 Å². The van der Waals surface area contributed by atoms with Crippen LogP contribution in [0.3, 0.4) is 0 Å². The first kappa shape index (κ1) is 34.6. The SMILES string of the molecule is CC/C=C/C(c1c(Br)cc(Cl)cc1CC)C1CCN(C(=O)CC2CCN(C(N)=O)CC2)CC1.CCN=CC(C)Cl. The fraction of sp³-hybridized carbons (Fsp3) is 0.645. The molecule has 0 aromatic heterocycles. The Hall–Kier alpha value is -1.57. The van der Waals surface area contributed by atoms with Crippen molar-refractivity contribution in [1.29, 1.82) is 0 Å². The van der Waals surface area contributed by atoms with Gasteiger partial charge in [0.2, 0.25) is 5.91 Å². The van der Waals surface area contributed by atoms with E-state index in [4.69, 9.17) is 28.9 Å². The van der Waals surface area contributed by atoms with Gasteiger partial charge in [-0.15, -0.1) is 11.6 Å². The van der Waals surface area contributed by atoms with Crippen molar-refractivity contribution in [3.05, 3.63) is 44.9 Å². The zero-order valence-electron chi connectivity index (χ0n) is 24.6. The fourth-order valence-electron chi connectivity index (χ4n) is 5.57. The predicted molar refractivity (Wildman–Crippen MR) is 173 cm³/mol. The number of carbonyl (C=O) groups is 2. The maximum Gasteiger partial charge on any atom is 0.314 e. The van der Waals surface area contributed by atoms with E-state index < -0.39 is 0 Å². The highest BCUT2D eigenvalue weighted by molar-refractivity contribution is 9.10. The highest BCUT2D eigenvalue weighted by Gasteiger charge is 2.31. The Morgan fingerprint density at radius 2 is 1.73 bits per heavy atom. The molecule has 3 rings (SSSR count). The molecule has 2 unspecified atom stereocenters. The molecule has 6 nitrogen and oxygen atoms in total. The van der Waals surface area contributed by atoms with Gasteiger partial charge in [-0.3, -0.25) is 9.79 Å². The van der Waals surface area contributed by atoms with Crippen LogP contribution in [0.25, 0.3) is 0 Å². The van der Waals surface area contributed by atoms with Gasteiger partial charge in [-0.25, -0.2) is 4.79 Å². The first-order chi connectivity index (χ1) is 19.1. The number of halogens is 3. The topological polar surface area (TPSA) is 79.0 Å². The summed E-state index contributed by atoms with van der Waals surface area (Å²) >= 11 is 15.6. The highest BCUT2D eigenvalue weighted by Crippen LogP contribution is 2.41. The number of carbonyl (C=O) groups excluding carboxylic acids is 2. The first-order valence-corrected chi connectivity index (χ1v) is 16.3. The monoisotopic (exact) mass is 656 g/mol. The Morgan fingerprint density at radius 1 is 1.10 bits per heavy atom. The summed E-state index contributed by atoms with van der Waals surface area (Å²) in [5.41, 5.74) is 8.01. The molecule has 0 spiro atoms. The van der Waals surface area contributed by atoms with E-state index >= 15 is 0 Å². The van der Waals surface area contributed by atoms with Gasteiger partial charge in [0.1, 0.15) is 0 Å². The van der Waals surface area contributed by atoms with Crippen LogP contribution in [0.1, 0.15) is 83.3 Å². The molecule has 0 saturated carbocycles. The van der Waals surface area contributed by atoms with Crippen LogP contribution in [0.4, 0.5) is 4.79 Å². The van der Waals surface area contributed by atoms with Crippen molar-refractivity contribution < 1.29 is 9.59 Å². The molecular weight excluding hydrogens is 611 g/mol. The molecule has 0 radical (unpaired) electrons. The standard InChI is InChI=1S/C26H37BrClN3O2.C5H10ClN/c1-3-5-6-22(25-19(4-2)16-21(28)17-23(25)27)20-9-13-30(14-10-20)24(32)15-18-7-11-31(12-8-18)26(29)33;1-3-7-4-5(2)6/h5-6,16-18,20,22H,3-4,7-15H2,1-2H3,(H2,29,33);4-5H,3H2,1-2H3/b6-5+;. The summed E-state index contributed by atoms with van der Waals surface area (Å²) < 4.78 is 1.08. The third kappa shape index (κ3) is 11.0. The zero-order valence-corrected chi connectivity index (χ0v) is 27.6. The lowest BCUT2D eigenvalue weighted by molar-refractivity contribution is -0.134. The van der Waals surface area contributed by atoms with Crippen LogP contribution in [0.2, 0.25) is 5.02 Å². The second-order valence-corrected chi connectivity index (χ2v) is 12.7. The van der Waals surface area contributed by atoms with Crippen molar-refractivity contribution >= 4 is 57.3 Å². The third-order valence-corrected chi connectivity index (χ3v) is 8.74. The number of nitrogens with zero attached hydrogens (tertiary/aromatic N) is 3. The number of urea groups is 1. The summed E-state index contributed by atoms with van der Waals surface area (Å²) in [5, 5.41) is 0.850. The highest BCUT2D eigenvalue weighted by atomic mass is 79.9. The molecule has 2 aliphatic rings. The number of hydrogen-bond acceptors (Lipinski definition) is 3. The smallest absolute Gasteiger partial charge is 0.314 e. The van der Waals surface area contributed by atoms with Crippen molar-refractivity contribution in [2.45, 2.75) is 83.9 Å². The number of aryl methyl sites for hydroxylation is 1. The number of rotatable bonds is 9. The largest absolute Gasteiger partial charge is 0.351 e. The molecule has 40 heavy (non-hydrogen) atoms. The lowest BCUT2D eigenvalue weighted by Gasteiger charge is -2.37. The zero-order chi connectivity index (χ0) is 29.7. The average molecular weight is 659 g/mol. The van der Waals surface area contributed by atoms with Crippen LogP contribution in [0.15, 0.2) is 33.7 Å². The second kappa shape index (κ2) is 18.1. The molecule has 3 amide bonds. The average Bonchev–Trinajstić information content (AvgIpc) is 2.93. The predicted octanol–water partition coefficient (Wildman–Crippen LogP) is 7.84. The van der Waals surface area contributed by atoms with Gasteiger partial charge in [-0.2, -0.15) is 0 Å². The minimum Gasteiger partial charge on any atom is -0.351 e. The Kier molecular flexibility index (Phi) is 15.6. The second-order valence-electron chi connectivity index (χ2n) is 10.7. The Morgan fingerprint density at radius 3 is 2.23 bits per heavy atom. The van der Waals surface area contributed by atoms with Gasteiger partial charge < -0.3 is 15.5 Å². The van der Waals surface area contributed by atoms with Gasteiger partial charge in [-0.1, -0.05) is 53.5 Å². The van der Waals surface area contributed by atoms with E-state index in [1.165, 1.54) is 11.1 Å². The number of nitrogens with two attached hydrogens (primary N) is 1. The van der Waals surface area contributed by atoms with Gasteiger partial charge in [0.15, 0.2) is 0 Å². The molecule has 2 heterocycles. The number of hydrogen-bond donors (Lipinski definition) is 1. The number of benzene rings is 1. The van der Waals surface area contributed by atoms with E-state index in [0.29, 0.717) is 37.3 Å². The molecule has 9 heteroatoms. The van der Waals surface area contributed by atoms with Gasteiger partial charge >= 0.3 is 6.03 Å². The number of primary amides is 1. The molecule has 1 aromatic rings. The van der Waals surface area contributed by atoms with Gasteiger partial charge in [0.05, 0.1) is 5.38 Å². The summed E-state index contributed by atoms with van der Waals surface area (Å²) in [6.07, 6.45) is 12.6. The van der Waals surface area contributed by atoms with Crippen LogP contribution in [-0.4, -0.2) is 66.1 Å². The van der Waals surface area contributed by atoms with Gasteiger partial charge in [0.25, 0.3) is 0 Å². The van der Waals surface area contributed by atoms with E-state index in [9.17, 15) is 9.59 Å². The molecule has 2 aliphatic heterocycles. The summed E-state index contributed by atoms with van der Waals surface area (Å²) in [5.74, 6) is 1.43. The summed E-state index contributed by atoms with van der Waals surface area (Å²) in [6.45, 7) is 12.0. The molecule has 2 N–H and O–H groups in total. The van der Waals surface area contributed by atoms with E-state index in [1.807, 2.05) is 19.9 Å². The quantitative estimate of drug-likeness (QED) is 0.167. The van der Waals surface area contributed by atoms with Crippen LogP contribution in [-0.2, 0) is 11.2 Å². The molecule has 2 saturated heterocycles. The summed E-state index contributed by atoms with van der Waals surface area (Å²) in [4.78, 5) is 31.9. The summed E-state index contributed by atoms with van der Waals surface area (Å²) in [7, 11) is 0. The molecule has 0 aliphatic carbocycles. The molecule has 0 bridgehead atoms. The van der Waals surface area contributed by atoms with E-state index in [1.54, 1.807) is 11.1 Å². The van der Waals surface area contributed by atoms with Crippen molar-refractivity contribution in [3.63, 3.8) is 0 Å². The lowest BCUT2D eigenvalue weighted by atomic mass is 9.77. The molecule has 224 valence electrons. The maximum absolute atomic E-state index is 13.0. The number of likely N-dealkylation sites (tertiary alicyclic amines) is 2. The minimum absolute atomic E-state index is 0.0833. The first-order valence-electron chi connectivity index (χ1n) is 14.7. The Labute approximate surface area is 259 Å². The number of alkyl halides is 1. The Bertz CT molecular complexity index is 1000. The van der Waals surface area contributed by atoms with Gasteiger partial charge in [-0.05, 0) is 87.5 Å². The van der Waals surface area contributed by atoms with Crippen molar-refractivity contribution in [1.82, 2.24) is 9.80 Å². The number of allylic oxidation sites excluding steroid dienone is 2. The molecule has 1 aromatic carbocycles. The molecule has 2 atom stereocenters. The van der Waals surface area contributed by atoms with Crippen molar-refractivity contribution in [3.8, 4) is 0 Å². The maximum atomic E-state index is 13.0. The van der Waals surface area contributed by atoms with Gasteiger partial charge in [0, 0.05) is 60.8 Å². The van der Waals surface area contributed by atoms with E-state index in [2.05, 4.69) is 57.9 Å². The number of aliphatic imine (C=N–C) groups is 1. The van der Waals surface area contributed by atoms with Crippen LogP contribution >= 0.6 is 39.1 Å². The van der Waals surface area contributed by atoms with Crippen LogP contribution in [0, 0.1) is 11.8 Å².